The van der Waals surface area contributed by atoms with Crippen LogP contribution in [0.1, 0.15) is 41.5 Å². The highest BCUT2D eigenvalue weighted by Gasteiger charge is 2.34. The minimum Gasteiger partial charge on any atom is -0.268 e. The minimum absolute atomic E-state index is 0.0962. The van der Waals surface area contributed by atoms with Crippen LogP contribution < -0.4 is 0 Å². The van der Waals surface area contributed by atoms with Crippen molar-refractivity contribution in [2.75, 3.05) is 6.26 Å². The van der Waals surface area contributed by atoms with Crippen molar-refractivity contribution in [3.05, 3.63) is 11.8 Å². The monoisotopic (exact) mass is 213 g/mol. The summed E-state index contributed by atoms with van der Waals surface area (Å²) in [6.45, 7) is 13.1. The van der Waals surface area contributed by atoms with Crippen LogP contribution in [0, 0.1) is 5.41 Å². The highest BCUT2D eigenvalue weighted by molar-refractivity contribution is 8.00. The summed E-state index contributed by atoms with van der Waals surface area (Å²) in [5, 5.41) is 0. The van der Waals surface area contributed by atoms with Crippen LogP contribution in [0.4, 0.5) is 0 Å². The Bertz CT molecular complexity index is 231. The first kappa shape index (κ1) is 13.8. The molecule has 0 N–H and O–H groups in total. The van der Waals surface area contributed by atoms with E-state index < -0.39 is 0 Å². The van der Waals surface area contributed by atoms with Gasteiger partial charge in [0.2, 0.25) is 0 Å². The van der Waals surface area contributed by atoms with Gasteiger partial charge in [0.25, 0.3) is 0 Å². The molecular formula is C12H23NS. The van der Waals surface area contributed by atoms with Crippen LogP contribution in [0.5, 0.6) is 0 Å². The highest BCUT2D eigenvalue weighted by atomic mass is 32.2. The molecule has 1 nitrogen and oxygen atoms in total. The van der Waals surface area contributed by atoms with Crippen LogP contribution in [-0.2, 0) is 0 Å². The van der Waals surface area contributed by atoms with Gasteiger partial charge >= 0.3 is 0 Å². The Kier molecular flexibility index (Phi) is 4.93. The topological polar surface area (TPSA) is 12.4 Å². The largest absolute Gasteiger partial charge is 0.268 e. The minimum atomic E-state index is 0.0962. The zero-order valence-corrected chi connectivity index (χ0v) is 11.3. The molecule has 0 bridgehead atoms. The Balaban J connectivity index is 4.74. The van der Waals surface area contributed by atoms with E-state index in [9.17, 15) is 0 Å². The molecule has 0 saturated carbocycles. The third kappa shape index (κ3) is 3.87. The Morgan fingerprint density at radius 2 is 1.64 bits per heavy atom. The maximum Gasteiger partial charge on any atom is 0.0528 e. The van der Waals surface area contributed by atoms with E-state index in [0.717, 1.165) is 0 Å². The lowest BCUT2D eigenvalue weighted by Gasteiger charge is -2.37. The van der Waals surface area contributed by atoms with Crippen molar-refractivity contribution in [1.82, 2.24) is 0 Å². The molecule has 0 saturated heterocycles. The van der Waals surface area contributed by atoms with Gasteiger partial charge in [0, 0.05) is 12.4 Å². The Hall–Kier alpha value is -0.240. The average molecular weight is 213 g/mol. The van der Waals surface area contributed by atoms with Crippen LogP contribution in [0.15, 0.2) is 16.8 Å². The van der Waals surface area contributed by atoms with Gasteiger partial charge in [-0.15, -0.1) is 0 Å². The first-order valence-corrected chi connectivity index (χ1v) is 6.18. The third-order valence-corrected chi connectivity index (χ3v) is 4.13. The fourth-order valence-electron chi connectivity index (χ4n) is 0.881. The van der Waals surface area contributed by atoms with E-state index >= 15 is 0 Å². The van der Waals surface area contributed by atoms with Gasteiger partial charge in [0.1, 0.15) is 0 Å². The molecule has 82 valence electrons. The van der Waals surface area contributed by atoms with Gasteiger partial charge in [-0.05, 0) is 32.4 Å². The highest BCUT2D eigenvalue weighted by Crippen LogP contribution is 2.38. The predicted molar refractivity (Wildman–Crippen MR) is 69.3 cm³/mol. The van der Waals surface area contributed by atoms with Crippen molar-refractivity contribution in [2.45, 2.75) is 46.3 Å². The Labute approximate surface area is 93.1 Å². The van der Waals surface area contributed by atoms with E-state index in [1.165, 1.54) is 5.57 Å². The fraction of sp³-hybridized carbons (Fsp3) is 0.750. The fourth-order valence-corrected chi connectivity index (χ4v) is 1.66. The van der Waals surface area contributed by atoms with Crippen molar-refractivity contribution in [1.29, 1.82) is 0 Å². The molecule has 0 rings (SSSR count). The molecule has 0 aromatic heterocycles. The van der Waals surface area contributed by atoms with Crippen LogP contribution in [-0.4, -0.2) is 17.2 Å². The zero-order chi connectivity index (χ0) is 11.4. The van der Waals surface area contributed by atoms with Gasteiger partial charge in [0.15, 0.2) is 0 Å². The van der Waals surface area contributed by atoms with Gasteiger partial charge in [-0.2, -0.15) is 11.8 Å². The molecule has 1 atom stereocenters. The van der Waals surface area contributed by atoms with E-state index in [4.69, 9.17) is 0 Å². The number of rotatable bonds is 3. The number of nitrogens with zero attached hydrogens (tertiary/aromatic N) is 1. The van der Waals surface area contributed by atoms with Gasteiger partial charge in [-0.1, -0.05) is 26.3 Å². The van der Waals surface area contributed by atoms with E-state index in [0.29, 0.717) is 0 Å². The maximum atomic E-state index is 4.37. The lowest BCUT2D eigenvalue weighted by atomic mass is 9.82. The molecular weight excluding hydrogens is 190 g/mol. The maximum absolute atomic E-state index is 4.37. The molecule has 0 aliphatic rings. The lowest BCUT2D eigenvalue weighted by molar-refractivity contribution is 0.370. The van der Waals surface area contributed by atoms with E-state index in [2.05, 4.69) is 59.0 Å². The molecule has 2 heteroatoms. The van der Waals surface area contributed by atoms with Gasteiger partial charge < -0.3 is 0 Å². The summed E-state index contributed by atoms with van der Waals surface area (Å²) in [6, 6.07) is 0. The lowest BCUT2D eigenvalue weighted by Crippen LogP contribution is -2.37. The molecule has 0 aromatic carbocycles. The first-order valence-electron chi connectivity index (χ1n) is 4.96. The third-order valence-electron chi connectivity index (χ3n) is 2.57. The van der Waals surface area contributed by atoms with E-state index in [1.807, 2.05) is 18.0 Å². The van der Waals surface area contributed by atoms with Crippen LogP contribution in [0.3, 0.4) is 0 Å². The quantitative estimate of drug-likeness (QED) is 0.642. The molecule has 0 fully saturated rings. The molecule has 0 radical (unpaired) electrons. The first-order chi connectivity index (χ1) is 6.23. The van der Waals surface area contributed by atoms with Crippen molar-refractivity contribution in [3.8, 4) is 0 Å². The Morgan fingerprint density at radius 1 is 1.14 bits per heavy atom. The summed E-state index contributed by atoms with van der Waals surface area (Å²) in [5.41, 5.74) is 1.46. The van der Waals surface area contributed by atoms with Crippen molar-refractivity contribution in [3.63, 3.8) is 0 Å². The zero-order valence-electron chi connectivity index (χ0n) is 10.5. The predicted octanol–water partition coefficient (Wildman–Crippen LogP) is 4.15. The number of allylic oxidation sites excluding steroid dienone is 1. The second-order valence-corrected chi connectivity index (χ2v) is 6.30. The Morgan fingerprint density at radius 3 is 1.93 bits per heavy atom. The normalized spacial score (nSPS) is 16.8. The van der Waals surface area contributed by atoms with Gasteiger partial charge in [0.05, 0.1) is 4.75 Å². The smallest absolute Gasteiger partial charge is 0.0528 e. The molecule has 0 aliphatic carbocycles. The van der Waals surface area contributed by atoms with Crippen molar-refractivity contribution < 1.29 is 0 Å². The molecule has 0 aliphatic heterocycles. The molecule has 1 unspecified atom stereocenters. The SMILES string of the molecule is CSC(C)(C=NC=C(C)C)C(C)(C)C. The summed E-state index contributed by atoms with van der Waals surface area (Å²) in [6.07, 6.45) is 6.12. The second kappa shape index (κ2) is 5.01. The summed E-state index contributed by atoms with van der Waals surface area (Å²) >= 11 is 1.85. The van der Waals surface area contributed by atoms with E-state index in [-0.39, 0.29) is 10.2 Å². The van der Waals surface area contributed by atoms with Crippen LogP contribution in [0.2, 0.25) is 0 Å². The summed E-state index contributed by atoms with van der Waals surface area (Å²) in [4.78, 5) is 4.37. The molecule has 0 heterocycles. The standard InChI is InChI=1S/C12H23NS/c1-10(2)8-13-9-12(6,14-7)11(3,4)5/h8-9H,1-7H3. The van der Waals surface area contributed by atoms with Gasteiger partial charge in [-0.25, -0.2) is 0 Å². The number of hydrogen-bond acceptors (Lipinski definition) is 2. The van der Waals surface area contributed by atoms with Crippen LogP contribution in [0.25, 0.3) is 0 Å². The molecule has 0 spiro atoms. The molecule has 14 heavy (non-hydrogen) atoms. The second-order valence-electron chi connectivity index (χ2n) is 5.05. The summed E-state index contributed by atoms with van der Waals surface area (Å²) in [5.74, 6) is 0. The van der Waals surface area contributed by atoms with Crippen LogP contribution >= 0.6 is 11.8 Å². The number of hydrogen-bond donors (Lipinski definition) is 0. The van der Waals surface area contributed by atoms with Gasteiger partial charge in [-0.3, -0.25) is 4.99 Å². The van der Waals surface area contributed by atoms with Crippen molar-refractivity contribution >= 4 is 18.0 Å². The summed E-state index contributed by atoms with van der Waals surface area (Å²) < 4.78 is 0.0962. The molecule has 0 aromatic rings. The average Bonchev–Trinajstić information content (AvgIpc) is 2.01. The number of thioether (sulfide) groups is 1. The van der Waals surface area contributed by atoms with Crippen molar-refractivity contribution in [2.24, 2.45) is 10.4 Å². The summed E-state index contributed by atoms with van der Waals surface area (Å²) in [7, 11) is 0. The molecule has 0 amide bonds. The number of aliphatic imine (C=N–C) groups is 1. The van der Waals surface area contributed by atoms with E-state index in [1.54, 1.807) is 0 Å².